The van der Waals surface area contributed by atoms with Crippen molar-refractivity contribution in [3.63, 3.8) is 0 Å². The molecule has 0 radical (unpaired) electrons. The van der Waals surface area contributed by atoms with Gasteiger partial charge in [0, 0.05) is 17.6 Å². The lowest BCUT2D eigenvalue weighted by Gasteiger charge is -2.26. The number of morpholine rings is 1. The van der Waals surface area contributed by atoms with E-state index in [1.54, 1.807) is 12.1 Å². The van der Waals surface area contributed by atoms with Crippen LogP contribution >= 0.6 is 15.9 Å². The summed E-state index contributed by atoms with van der Waals surface area (Å²) in [6.45, 7) is 5.25. The maximum atomic E-state index is 12.5. The van der Waals surface area contributed by atoms with Gasteiger partial charge in [0.15, 0.2) is 0 Å². The van der Waals surface area contributed by atoms with Gasteiger partial charge in [-0.2, -0.15) is 0 Å². The summed E-state index contributed by atoms with van der Waals surface area (Å²) in [5.41, 5.74) is 0.630. The van der Waals surface area contributed by atoms with Crippen molar-refractivity contribution in [1.29, 1.82) is 0 Å². The van der Waals surface area contributed by atoms with Crippen molar-refractivity contribution in [3.8, 4) is 0 Å². The van der Waals surface area contributed by atoms with Gasteiger partial charge in [-0.1, -0.05) is 15.9 Å². The number of carbonyl (C=O) groups excluding carboxylic acids is 2. The highest BCUT2D eigenvalue weighted by Gasteiger charge is 2.39. The zero-order chi connectivity index (χ0) is 16.9. The first kappa shape index (κ1) is 17.5. The van der Waals surface area contributed by atoms with Crippen molar-refractivity contribution >= 4 is 33.4 Å². The van der Waals surface area contributed by atoms with Crippen LogP contribution in [0.1, 0.15) is 12.8 Å². The Morgan fingerprint density at radius 2 is 1.88 bits per heavy atom. The minimum atomic E-state index is -0.411. The van der Waals surface area contributed by atoms with Crippen LogP contribution in [-0.2, 0) is 14.3 Å². The van der Waals surface area contributed by atoms with Crippen molar-refractivity contribution in [2.45, 2.75) is 18.9 Å². The molecule has 7 heteroatoms. The van der Waals surface area contributed by atoms with Gasteiger partial charge in [0.2, 0.25) is 5.91 Å². The van der Waals surface area contributed by atoms with Crippen LogP contribution in [-0.4, -0.2) is 62.1 Å². The number of amides is 2. The highest BCUT2D eigenvalue weighted by Crippen LogP contribution is 2.24. The smallest absolute Gasteiger partial charge is 0.251 e. The third kappa shape index (κ3) is 4.22. The van der Waals surface area contributed by atoms with E-state index < -0.39 is 6.04 Å². The van der Waals surface area contributed by atoms with Crippen molar-refractivity contribution in [1.82, 2.24) is 10.2 Å². The van der Waals surface area contributed by atoms with E-state index in [1.165, 1.54) is 4.90 Å². The summed E-state index contributed by atoms with van der Waals surface area (Å²) in [6.07, 6.45) is 1.18. The summed E-state index contributed by atoms with van der Waals surface area (Å²) in [4.78, 5) is 28.3. The Morgan fingerprint density at radius 3 is 2.58 bits per heavy atom. The van der Waals surface area contributed by atoms with E-state index in [-0.39, 0.29) is 18.2 Å². The van der Waals surface area contributed by atoms with E-state index in [2.05, 4.69) is 26.1 Å². The van der Waals surface area contributed by atoms with Crippen LogP contribution in [0.15, 0.2) is 28.7 Å². The standard InChI is InChI=1S/C17H22BrN3O3/c18-13-2-4-14(5-3-13)21-16(22)12-15(17(21)23)19-6-1-7-20-8-10-24-11-9-20/h2-5,15,19H,1,6-12H2/t15-/m0/s1. The molecule has 0 saturated carbocycles. The molecule has 1 aromatic carbocycles. The van der Waals surface area contributed by atoms with E-state index in [1.807, 2.05) is 12.1 Å². The van der Waals surface area contributed by atoms with Gasteiger partial charge < -0.3 is 10.1 Å². The number of nitrogens with zero attached hydrogens (tertiary/aromatic N) is 2. The summed E-state index contributed by atoms with van der Waals surface area (Å²) < 4.78 is 6.25. The van der Waals surface area contributed by atoms with Gasteiger partial charge in [0.1, 0.15) is 0 Å². The molecule has 3 rings (SSSR count). The normalized spacial score (nSPS) is 22.4. The molecule has 1 atom stereocenters. The molecule has 24 heavy (non-hydrogen) atoms. The number of benzene rings is 1. The van der Waals surface area contributed by atoms with Crippen molar-refractivity contribution in [2.24, 2.45) is 0 Å². The molecule has 2 aliphatic heterocycles. The zero-order valence-electron chi connectivity index (χ0n) is 13.5. The average Bonchev–Trinajstić information content (AvgIpc) is 2.88. The number of ether oxygens (including phenoxy) is 1. The monoisotopic (exact) mass is 395 g/mol. The summed E-state index contributed by atoms with van der Waals surface area (Å²) in [7, 11) is 0. The van der Waals surface area contributed by atoms with E-state index in [0.29, 0.717) is 5.69 Å². The predicted molar refractivity (Wildman–Crippen MR) is 94.9 cm³/mol. The second-order valence-electron chi connectivity index (χ2n) is 6.06. The number of halogens is 1. The minimum Gasteiger partial charge on any atom is -0.379 e. The van der Waals surface area contributed by atoms with Crippen LogP contribution < -0.4 is 10.2 Å². The molecule has 0 bridgehead atoms. The Kier molecular flexibility index (Phi) is 5.99. The molecule has 2 amide bonds. The van der Waals surface area contributed by atoms with E-state index in [9.17, 15) is 9.59 Å². The van der Waals surface area contributed by atoms with Crippen LogP contribution in [0.25, 0.3) is 0 Å². The number of nitrogens with one attached hydrogen (secondary N) is 1. The van der Waals surface area contributed by atoms with Gasteiger partial charge in [0.25, 0.3) is 5.91 Å². The second kappa shape index (κ2) is 8.20. The lowest BCUT2D eigenvalue weighted by atomic mass is 10.2. The number of imide groups is 1. The fourth-order valence-corrected chi connectivity index (χ4v) is 3.32. The number of carbonyl (C=O) groups is 2. The second-order valence-corrected chi connectivity index (χ2v) is 6.98. The van der Waals surface area contributed by atoms with Crippen molar-refractivity contribution in [3.05, 3.63) is 28.7 Å². The first-order valence-corrected chi connectivity index (χ1v) is 9.10. The number of hydrogen-bond acceptors (Lipinski definition) is 5. The van der Waals surface area contributed by atoms with Gasteiger partial charge in [-0.3, -0.25) is 14.5 Å². The topological polar surface area (TPSA) is 61.9 Å². The average molecular weight is 396 g/mol. The van der Waals surface area contributed by atoms with Gasteiger partial charge in [0.05, 0.1) is 31.4 Å². The molecule has 1 N–H and O–H groups in total. The Balaban J connectivity index is 1.48. The molecule has 2 heterocycles. The molecule has 6 nitrogen and oxygen atoms in total. The van der Waals surface area contributed by atoms with Gasteiger partial charge >= 0.3 is 0 Å². The third-order valence-electron chi connectivity index (χ3n) is 4.38. The predicted octanol–water partition coefficient (Wildman–Crippen LogP) is 1.39. The van der Waals surface area contributed by atoms with Crippen LogP contribution in [0.5, 0.6) is 0 Å². The summed E-state index contributed by atoms with van der Waals surface area (Å²) >= 11 is 3.36. The van der Waals surface area contributed by atoms with Gasteiger partial charge in [-0.25, -0.2) is 4.90 Å². The SMILES string of the molecule is O=C1C[C@H](NCCCN2CCOCC2)C(=O)N1c1ccc(Br)cc1. The molecule has 0 aromatic heterocycles. The number of anilines is 1. The summed E-state index contributed by atoms with van der Waals surface area (Å²) in [5, 5.41) is 3.23. The minimum absolute atomic E-state index is 0.145. The summed E-state index contributed by atoms with van der Waals surface area (Å²) in [6, 6.07) is 6.81. The van der Waals surface area contributed by atoms with E-state index >= 15 is 0 Å². The van der Waals surface area contributed by atoms with E-state index in [0.717, 1.165) is 50.3 Å². The van der Waals surface area contributed by atoms with Crippen LogP contribution in [0.3, 0.4) is 0 Å². The lowest BCUT2D eigenvalue weighted by molar-refractivity contribution is -0.121. The molecule has 1 aromatic rings. The summed E-state index contributed by atoms with van der Waals surface area (Å²) in [5.74, 6) is -0.304. The van der Waals surface area contributed by atoms with E-state index in [4.69, 9.17) is 4.74 Å². The Hall–Kier alpha value is -1.28. The van der Waals surface area contributed by atoms with Gasteiger partial charge in [-0.05, 0) is 43.8 Å². The first-order valence-electron chi connectivity index (χ1n) is 8.31. The Bertz CT molecular complexity index is 587. The van der Waals surface area contributed by atoms with Crippen molar-refractivity contribution in [2.75, 3.05) is 44.3 Å². The quantitative estimate of drug-likeness (QED) is 0.582. The lowest BCUT2D eigenvalue weighted by Crippen LogP contribution is -2.41. The molecule has 0 aliphatic carbocycles. The van der Waals surface area contributed by atoms with Crippen LogP contribution in [0, 0.1) is 0 Å². The number of hydrogen-bond donors (Lipinski definition) is 1. The molecule has 0 unspecified atom stereocenters. The Morgan fingerprint density at radius 1 is 1.17 bits per heavy atom. The molecule has 2 fully saturated rings. The molecule has 2 saturated heterocycles. The van der Waals surface area contributed by atoms with Crippen LogP contribution in [0.4, 0.5) is 5.69 Å². The molecular weight excluding hydrogens is 374 g/mol. The highest BCUT2D eigenvalue weighted by atomic mass is 79.9. The molecule has 130 valence electrons. The maximum absolute atomic E-state index is 12.5. The largest absolute Gasteiger partial charge is 0.379 e. The zero-order valence-corrected chi connectivity index (χ0v) is 15.1. The molecule has 0 spiro atoms. The maximum Gasteiger partial charge on any atom is 0.251 e. The third-order valence-corrected chi connectivity index (χ3v) is 4.91. The van der Waals surface area contributed by atoms with Crippen molar-refractivity contribution < 1.29 is 14.3 Å². The Labute approximate surface area is 150 Å². The number of rotatable bonds is 6. The fourth-order valence-electron chi connectivity index (χ4n) is 3.06. The molecule has 2 aliphatic rings. The highest BCUT2D eigenvalue weighted by molar-refractivity contribution is 9.10. The fraction of sp³-hybridized carbons (Fsp3) is 0.529. The molecular formula is C17H22BrN3O3. The van der Waals surface area contributed by atoms with Crippen LogP contribution in [0.2, 0.25) is 0 Å². The van der Waals surface area contributed by atoms with Gasteiger partial charge in [-0.15, -0.1) is 0 Å². The first-order chi connectivity index (χ1) is 11.6.